The zero-order chi connectivity index (χ0) is 23.7. The van der Waals surface area contributed by atoms with Gasteiger partial charge in [-0.15, -0.1) is 0 Å². The van der Waals surface area contributed by atoms with Crippen LogP contribution in [0.4, 0.5) is 5.69 Å². The molecule has 0 aliphatic carbocycles. The largest absolute Gasteiger partial charge is 0.458 e. The maximum absolute atomic E-state index is 13.4. The van der Waals surface area contributed by atoms with Gasteiger partial charge in [0.2, 0.25) is 5.54 Å². The van der Waals surface area contributed by atoms with Crippen molar-refractivity contribution in [3.8, 4) is 6.07 Å². The van der Waals surface area contributed by atoms with E-state index in [0.717, 1.165) is 0 Å². The van der Waals surface area contributed by atoms with Gasteiger partial charge < -0.3 is 9.84 Å². The smallest absolute Gasteiger partial charge is 0.342 e. The fraction of sp³-hybridized carbons (Fsp3) is 0.391. The van der Waals surface area contributed by atoms with E-state index in [0.29, 0.717) is 16.1 Å². The van der Waals surface area contributed by atoms with E-state index in [1.54, 1.807) is 51.1 Å². The van der Waals surface area contributed by atoms with Crippen LogP contribution >= 0.6 is 11.6 Å². The van der Waals surface area contributed by atoms with E-state index in [4.69, 9.17) is 16.3 Å². The van der Waals surface area contributed by atoms with Crippen molar-refractivity contribution in [2.45, 2.75) is 43.9 Å². The van der Waals surface area contributed by atoms with Gasteiger partial charge in [-0.1, -0.05) is 35.9 Å². The van der Waals surface area contributed by atoms with E-state index in [1.165, 1.54) is 18.2 Å². The maximum Gasteiger partial charge on any atom is 0.342 e. The molecule has 0 unspecified atom stereocenters. The number of carbonyl (C=O) groups excluding carboxylic acids is 1. The first-order chi connectivity index (χ1) is 15.0. The van der Waals surface area contributed by atoms with Gasteiger partial charge in [-0.05, 0) is 44.0 Å². The molecule has 8 nitrogen and oxygen atoms in total. The Balaban J connectivity index is 2.20. The number of carbonyl (C=O) groups is 1. The normalized spacial score (nSPS) is 25.2. The molecule has 9 heteroatoms. The number of aliphatic hydroxyl groups excluding tert-OH is 1. The number of rotatable bonds is 5. The minimum absolute atomic E-state index is 0.176. The van der Waals surface area contributed by atoms with Crippen molar-refractivity contribution in [3.05, 3.63) is 74.8 Å². The lowest BCUT2D eigenvalue weighted by molar-refractivity contribution is -0.384. The summed E-state index contributed by atoms with van der Waals surface area (Å²) in [6.45, 7) is 4.69. The fourth-order valence-electron chi connectivity index (χ4n) is 4.19. The van der Waals surface area contributed by atoms with Gasteiger partial charge >= 0.3 is 5.97 Å². The topological polar surface area (TPSA) is 125 Å². The Kier molecular flexibility index (Phi) is 6.56. The van der Waals surface area contributed by atoms with E-state index < -0.39 is 39.9 Å². The average Bonchev–Trinajstić information content (AvgIpc) is 3.09. The van der Waals surface area contributed by atoms with Crippen LogP contribution in [-0.4, -0.2) is 33.7 Å². The van der Waals surface area contributed by atoms with E-state index in [9.17, 15) is 25.3 Å². The zero-order valence-electron chi connectivity index (χ0n) is 17.9. The van der Waals surface area contributed by atoms with Gasteiger partial charge in [0.05, 0.1) is 11.0 Å². The molecule has 1 aliphatic heterocycles. The standard InChI is InChI=1S/C23H24ClN3O5/c1-22(2,3)32-21(29)23(13-25)19(15-5-4-6-17(11-15)27(30)31)18(12-28)20(26-23)14-7-9-16(24)10-8-14/h4-11,18-20,26,28H,12H2,1-3H3/t18-,19-,20-,23-/m1/s1. The van der Waals surface area contributed by atoms with Crippen LogP contribution in [-0.2, 0) is 9.53 Å². The number of aliphatic hydroxyl groups is 1. The highest BCUT2D eigenvalue weighted by Crippen LogP contribution is 2.49. The molecule has 2 aromatic rings. The van der Waals surface area contributed by atoms with Crippen molar-refractivity contribution in [1.82, 2.24) is 5.32 Å². The molecule has 4 atom stereocenters. The molecule has 32 heavy (non-hydrogen) atoms. The molecule has 2 aromatic carbocycles. The van der Waals surface area contributed by atoms with E-state index in [1.807, 2.05) is 0 Å². The predicted octanol–water partition coefficient (Wildman–Crippen LogP) is 3.89. The van der Waals surface area contributed by atoms with Gasteiger partial charge in [-0.25, -0.2) is 4.79 Å². The number of non-ortho nitro benzene ring substituents is 1. The summed E-state index contributed by atoms with van der Waals surface area (Å²) in [6.07, 6.45) is 0. The summed E-state index contributed by atoms with van der Waals surface area (Å²) >= 11 is 6.01. The molecular weight excluding hydrogens is 434 g/mol. The third-order valence-electron chi connectivity index (χ3n) is 5.48. The SMILES string of the molecule is CC(C)(C)OC(=O)[C@]1(C#N)N[C@H](c2ccc(Cl)cc2)[C@H](CO)[C@H]1c1cccc([N+](=O)[O-])c1. The average molecular weight is 458 g/mol. The summed E-state index contributed by atoms with van der Waals surface area (Å²) in [7, 11) is 0. The number of esters is 1. The first-order valence-corrected chi connectivity index (χ1v) is 10.4. The Bertz CT molecular complexity index is 1060. The highest BCUT2D eigenvalue weighted by molar-refractivity contribution is 6.30. The van der Waals surface area contributed by atoms with Crippen LogP contribution in [0.25, 0.3) is 0 Å². The third-order valence-corrected chi connectivity index (χ3v) is 5.74. The van der Waals surface area contributed by atoms with Gasteiger partial charge in [-0.3, -0.25) is 15.4 Å². The Labute approximate surface area is 190 Å². The number of hydrogen-bond acceptors (Lipinski definition) is 7. The first-order valence-electron chi connectivity index (χ1n) is 10.1. The van der Waals surface area contributed by atoms with Crippen LogP contribution in [0.3, 0.4) is 0 Å². The first kappa shape index (κ1) is 23.7. The van der Waals surface area contributed by atoms with Crippen molar-refractivity contribution in [2.24, 2.45) is 5.92 Å². The van der Waals surface area contributed by atoms with Gasteiger partial charge in [0.25, 0.3) is 5.69 Å². The maximum atomic E-state index is 13.4. The van der Waals surface area contributed by atoms with Crippen LogP contribution in [0, 0.1) is 27.4 Å². The monoisotopic (exact) mass is 457 g/mol. The molecule has 168 valence electrons. The molecule has 1 fully saturated rings. The highest BCUT2D eigenvalue weighted by atomic mass is 35.5. The number of hydrogen-bond donors (Lipinski definition) is 2. The van der Waals surface area contributed by atoms with Gasteiger partial charge in [0.1, 0.15) is 5.60 Å². The van der Waals surface area contributed by atoms with Crippen LogP contribution in [0.5, 0.6) is 0 Å². The van der Waals surface area contributed by atoms with Crippen molar-refractivity contribution in [2.75, 3.05) is 6.61 Å². The minimum Gasteiger partial charge on any atom is -0.458 e. The molecule has 3 rings (SSSR count). The second kappa shape index (κ2) is 8.87. The van der Waals surface area contributed by atoms with Crippen molar-refractivity contribution < 1.29 is 19.6 Å². The Morgan fingerprint density at radius 1 is 1.28 bits per heavy atom. The van der Waals surface area contributed by atoms with E-state index in [-0.39, 0.29) is 12.3 Å². The number of nitrogens with one attached hydrogen (secondary N) is 1. The van der Waals surface area contributed by atoms with Gasteiger partial charge in [0.15, 0.2) is 0 Å². The molecule has 0 bridgehead atoms. The second-order valence-corrected chi connectivity index (χ2v) is 9.21. The molecular formula is C23H24ClN3O5. The molecule has 0 radical (unpaired) electrons. The molecule has 1 heterocycles. The Morgan fingerprint density at radius 2 is 1.94 bits per heavy atom. The number of nitro groups is 1. The summed E-state index contributed by atoms with van der Waals surface area (Å²) in [4.78, 5) is 24.2. The van der Waals surface area contributed by atoms with Crippen molar-refractivity contribution >= 4 is 23.3 Å². The molecule has 0 saturated carbocycles. The van der Waals surface area contributed by atoms with Crippen LogP contribution in [0.15, 0.2) is 48.5 Å². The Hall–Kier alpha value is -2.99. The number of benzene rings is 2. The summed E-state index contributed by atoms with van der Waals surface area (Å²) < 4.78 is 5.58. The van der Waals surface area contributed by atoms with Crippen LogP contribution in [0.2, 0.25) is 5.02 Å². The lowest BCUT2D eigenvalue weighted by Crippen LogP contribution is -2.53. The summed E-state index contributed by atoms with van der Waals surface area (Å²) in [5.41, 5.74) is -1.83. The Morgan fingerprint density at radius 3 is 2.47 bits per heavy atom. The van der Waals surface area contributed by atoms with Gasteiger partial charge in [-0.2, -0.15) is 5.26 Å². The molecule has 0 amide bonds. The zero-order valence-corrected chi connectivity index (χ0v) is 18.7. The van der Waals surface area contributed by atoms with Crippen molar-refractivity contribution in [1.29, 1.82) is 5.26 Å². The molecule has 2 N–H and O–H groups in total. The van der Waals surface area contributed by atoms with Gasteiger partial charge in [0, 0.05) is 41.6 Å². The number of nitriles is 1. The fourth-order valence-corrected chi connectivity index (χ4v) is 4.31. The molecule has 0 aromatic heterocycles. The van der Waals surface area contributed by atoms with Crippen molar-refractivity contribution in [3.63, 3.8) is 0 Å². The van der Waals surface area contributed by atoms with Crippen LogP contribution in [0.1, 0.15) is 43.9 Å². The number of halogens is 1. The predicted molar refractivity (Wildman–Crippen MR) is 118 cm³/mol. The lowest BCUT2D eigenvalue weighted by atomic mass is 9.74. The number of ether oxygens (including phenoxy) is 1. The van der Waals surface area contributed by atoms with E-state index in [2.05, 4.69) is 11.4 Å². The molecule has 0 spiro atoms. The quantitative estimate of drug-likeness (QED) is 0.396. The van der Waals surface area contributed by atoms with Crippen LogP contribution < -0.4 is 5.32 Å². The highest BCUT2D eigenvalue weighted by Gasteiger charge is 2.60. The lowest BCUT2D eigenvalue weighted by Gasteiger charge is -2.32. The summed E-state index contributed by atoms with van der Waals surface area (Å²) in [5.74, 6) is -2.36. The number of nitro benzene ring substituents is 1. The minimum atomic E-state index is -1.87. The number of nitrogens with zero attached hydrogens (tertiary/aromatic N) is 2. The summed E-state index contributed by atoms with van der Waals surface area (Å²) in [5, 5.41) is 35.6. The molecule has 1 aliphatic rings. The summed E-state index contributed by atoms with van der Waals surface area (Å²) in [6, 6.07) is 14.1. The molecule has 1 saturated heterocycles. The second-order valence-electron chi connectivity index (χ2n) is 8.77. The third kappa shape index (κ3) is 4.46. The van der Waals surface area contributed by atoms with E-state index >= 15 is 0 Å².